The molecule has 2 aliphatic heterocycles. The molecule has 2 aromatic rings. The second kappa shape index (κ2) is 7.04. The van der Waals surface area contributed by atoms with Gasteiger partial charge >= 0.3 is 0 Å². The van der Waals surface area contributed by atoms with Crippen molar-refractivity contribution in [1.82, 2.24) is 15.1 Å². The fourth-order valence-electron chi connectivity index (χ4n) is 4.44. The molecule has 4 heterocycles. The van der Waals surface area contributed by atoms with Crippen molar-refractivity contribution in [3.8, 4) is 0 Å². The normalized spacial score (nSPS) is 24.3. The summed E-state index contributed by atoms with van der Waals surface area (Å²) in [5.41, 5.74) is 4.99. The van der Waals surface area contributed by atoms with Gasteiger partial charge in [0.25, 0.3) is 0 Å². The molecule has 0 spiro atoms. The van der Waals surface area contributed by atoms with Crippen LogP contribution >= 0.6 is 11.3 Å². The van der Waals surface area contributed by atoms with Crippen molar-refractivity contribution >= 4 is 22.3 Å². The maximum atomic E-state index is 5.82. The molecule has 3 aliphatic rings. The molecule has 0 unspecified atom stereocenters. The van der Waals surface area contributed by atoms with E-state index in [-0.39, 0.29) is 6.17 Å². The Morgan fingerprint density at radius 1 is 1.30 bits per heavy atom. The van der Waals surface area contributed by atoms with Gasteiger partial charge in [0.1, 0.15) is 11.2 Å². The highest BCUT2D eigenvalue weighted by atomic mass is 32.1. The SMILES string of the molecule is Cc1cc(C)n(C2=N[C@@H](NC[C@H]3CCCO3)c3c(sc4c3CCCC4)N2)n1. The van der Waals surface area contributed by atoms with Gasteiger partial charge in [-0.25, -0.2) is 9.67 Å². The lowest BCUT2D eigenvalue weighted by atomic mass is 9.94. The van der Waals surface area contributed by atoms with Crippen LogP contribution in [0.5, 0.6) is 0 Å². The molecule has 0 bridgehead atoms. The number of aromatic nitrogens is 2. The van der Waals surface area contributed by atoms with Crippen molar-refractivity contribution < 1.29 is 4.74 Å². The Balaban J connectivity index is 1.50. The number of nitrogens with one attached hydrogen (secondary N) is 2. The summed E-state index contributed by atoms with van der Waals surface area (Å²) in [6.45, 7) is 5.84. The third kappa shape index (κ3) is 3.22. The van der Waals surface area contributed by atoms with Gasteiger partial charge in [-0.15, -0.1) is 11.3 Å². The molecule has 0 amide bonds. The average Bonchev–Trinajstić information content (AvgIpc) is 3.37. The van der Waals surface area contributed by atoms with Gasteiger partial charge in [-0.05, 0) is 64.0 Å². The number of thiophene rings is 1. The van der Waals surface area contributed by atoms with Crippen LogP contribution < -0.4 is 10.6 Å². The molecule has 7 heteroatoms. The highest BCUT2D eigenvalue weighted by molar-refractivity contribution is 7.16. The Morgan fingerprint density at radius 3 is 2.96 bits per heavy atom. The summed E-state index contributed by atoms with van der Waals surface area (Å²) < 4.78 is 7.75. The molecule has 2 aromatic heterocycles. The summed E-state index contributed by atoms with van der Waals surface area (Å²) in [6, 6.07) is 2.09. The van der Waals surface area contributed by atoms with Gasteiger partial charge < -0.3 is 10.1 Å². The van der Waals surface area contributed by atoms with E-state index >= 15 is 0 Å². The molecule has 6 nitrogen and oxygen atoms in total. The van der Waals surface area contributed by atoms with E-state index in [0.29, 0.717) is 6.10 Å². The van der Waals surface area contributed by atoms with Crippen molar-refractivity contribution in [2.24, 2.45) is 4.99 Å². The van der Waals surface area contributed by atoms with E-state index in [1.54, 1.807) is 0 Å². The van der Waals surface area contributed by atoms with Crippen LogP contribution in [0.2, 0.25) is 0 Å². The zero-order valence-corrected chi connectivity index (χ0v) is 16.9. The first kappa shape index (κ1) is 17.4. The lowest BCUT2D eigenvalue weighted by Gasteiger charge is -2.26. The lowest BCUT2D eigenvalue weighted by Crippen LogP contribution is -2.36. The first-order valence-corrected chi connectivity index (χ1v) is 10.9. The highest BCUT2D eigenvalue weighted by Crippen LogP contribution is 2.43. The molecule has 144 valence electrons. The molecule has 1 aliphatic carbocycles. The van der Waals surface area contributed by atoms with E-state index in [1.807, 2.05) is 22.9 Å². The monoisotopic (exact) mass is 385 g/mol. The van der Waals surface area contributed by atoms with Crippen LogP contribution in [0.4, 0.5) is 5.00 Å². The smallest absolute Gasteiger partial charge is 0.226 e. The molecule has 2 atom stereocenters. The fraction of sp³-hybridized carbons (Fsp3) is 0.600. The van der Waals surface area contributed by atoms with E-state index in [1.165, 1.54) is 46.7 Å². The topological polar surface area (TPSA) is 63.5 Å². The van der Waals surface area contributed by atoms with Gasteiger partial charge in [0, 0.05) is 29.3 Å². The maximum Gasteiger partial charge on any atom is 0.226 e. The standard InChI is InChI=1S/C20H27N5OS/c1-12-10-13(2)25(24-12)20-22-18(21-11-14-6-5-9-26-14)17-15-7-3-4-8-16(15)27-19(17)23-20/h10,14,18,21H,3-9,11H2,1-2H3,(H,22,23)/t14-,18-/m1/s1. The quantitative estimate of drug-likeness (QED) is 0.848. The minimum absolute atomic E-state index is 0.0255. The van der Waals surface area contributed by atoms with Crippen molar-refractivity contribution in [2.75, 3.05) is 18.5 Å². The summed E-state index contributed by atoms with van der Waals surface area (Å²) in [6.07, 6.45) is 7.54. The summed E-state index contributed by atoms with van der Waals surface area (Å²) >= 11 is 1.91. The number of nitrogens with zero attached hydrogens (tertiary/aromatic N) is 3. The zero-order chi connectivity index (χ0) is 18.4. The molecule has 1 fully saturated rings. The van der Waals surface area contributed by atoms with Gasteiger partial charge in [-0.3, -0.25) is 5.32 Å². The predicted molar refractivity (Wildman–Crippen MR) is 109 cm³/mol. The van der Waals surface area contributed by atoms with Gasteiger partial charge in [0.2, 0.25) is 5.96 Å². The van der Waals surface area contributed by atoms with Crippen LogP contribution in [0.1, 0.15) is 59.2 Å². The van der Waals surface area contributed by atoms with E-state index in [9.17, 15) is 0 Å². The van der Waals surface area contributed by atoms with Crippen LogP contribution in [0, 0.1) is 13.8 Å². The third-order valence-electron chi connectivity index (χ3n) is 5.74. The van der Waals surface area contributed by atoms with E-state index in [4.69, 9.17) is 9.73 Å². The molecule has 0 saturated carbocycles. The first-order chi connectivity index (χ1) is 13.2. The molecule has 2 N–H and O–H groups in total. The molecule has 1 saturated heterocycles. The summed E-state index contributed by atoms with van der Waals surface area (Å²) in [4.78, 5) is 6.59. The van der Waals surface area contributed by atoms with Crippen LogP contribution in [-0.2, 0) is 17.6 Å². The minimum Gasteiger partial charge on any atom is -0.377 e. The number of anilines is 1. The largest absolute Gasteiger partial charge is 0.377 e. The van der Waals surface area contributed by atoms with Crippen molar-refractivity contribution in [3.63, 3.8) is 0 Å². The van der Waals surface area contributed by atoms with Crippen LogP contribution in [-0.4, -0.2) is 35.0 Å². The van der Waals surface area contributed by atoms with Gasteiger partial charge in [0.05, 0.1) is 11.8 Å². The molecular weight excluding hydrogens is 358 g/mol. The minimum atomic E-state index is -0.0255. The van der Waals surface area contributed by atoms with E-state index < -0.39 is 0 Å². The van der Waals surface area contributed by atoms with Crippen LogP contribution in [0.25, 0.3) is 0 Å². The number of aryl methyl sites for hydroxylation is 3. The number of fused-ring (bicyclic) bond motifs is 3. The number of ether oxygens (including phenoxy) is 1. The fourth-order valence-corrected chi connectivity index (χ4v) is 5.76. The highest BCUT2D eigenvalue weighted by Gasteiger charge is 2.31. The zero-order valence-electron chi connectivity index (χ0n) is 16.0. The van der Waals surface area contributed by atoms with Gasteiger partial charge in [0.15, 0.2) is 0 Å². The van der Waals surface area contributed by atoms with E-state index in [0.717, 1.165) is 43.3 Å². The number of hydrogen-bond donors (Lipinski definition) is 2. The Bertz CT molecular complexity index is 877. The number of rotatable bonds is 3. The summed E-state index contributed by atoms with van der Waals surface area (Å²) in [5, 5.41) is 13.2. The average molecular weight is 386 g/mol. The third-order valence-corrected chi connectivity index (χ3v) is 6.96. The molecular formula is C20H27N5OS. The van der Waals surface area contributed by atoms with Gasteiger partial charge in [-0.1, -0.05) is 0 Å². The Kier molecular flexibility index (Phi) is 4.53. The van der Waals surface area contributed by atoms with Crippen LogP contribution in [0.15, 0.2) is 11.1 Å². The van der Waals surface area contributed by atoms with Crippen LogP contribution in [0.3, 0.4) is 0 Å². The molecule has 0 radical (unpaired) electrons. The van der Waals surface area contributed by atoms with E-state index in [2.05, 4.69) is 28.7 Å². The van der Waals surface area contributed by atoms with Gasteiger partial charge in [-0.2, -0.15) is 5.10 Å². The maximum absolute atomic E-state index is 5.82. The second-order valence-electron chi connectivity index (χ2n) is 7.82. The Labute approximate surface area is 164 Å². The Hall–Kier alpha value is -1.70. The second-order valence-corrected chi connectivity index (χ2v) is 8.92. The molecule has 0 aromatic carbocycles. The molecule has 5 rings (SSSR count). The lowest BCUT2D eigenvalue weighted by molar-refractivity contribution is 0.107. The van der Waals surface area contributed by atoms with Crippen molar-refractivity contribution in [3.05, 3.63) is 33.5 Å². The number of aliphatic imine (C=N–C) groups is 1. The molecule has 27 heavy (non-hydrogen) atoms. The number of hydrogen-bond acceptors (Lipinski definition) is 6. The van der Waals surface area contributed by atoms with Crippen molar-refractivity contribution in [1.29, 1.82) is 0 Å². The van der Waals surface area contributed by atoms with Crippen molar-refractivity contribution in [2.45, 2.75) is 64.6 Å². The Morgan fingerprint density at radius 2 is 2.19 bits per heavy atom. The summed E-state index contributed by atoms with van der Waals surface area (Å²) in [7, 11) is 0. The summed E-state index contributed by atoms with van der Waals surface area (Å²) in [5.74, 6) is 0.816. The predicted octanol–water partition coefficient (Wildman–Crippen LogP) is 3.54. The first-order valence-electron chi connectivity index (χ1n) is 10.1.